The van der Waals surface area contributed by atoms with Crippen LogP contribution in [0.4, 0.5) is 17.1 Å². The predicted octanol–water partition coefficient (Wildman–Crippen LogP) is 11.7. The SMILES string of the molecule is c1ccc(N(c2ccc(-c3ccc4c(c3)-c3ccccc3C43C4CC5CC6CC3(C5)C6C4)cc2)c2cccc3ccccc23)cc1. The topological polar surface area (TPSA) is 3.24 Å². The number of para-hydroxylation sites is 1. The number of nitrogens with zero attached hydrogens (tertiary/aromatic N) is 1. The molecule has 222 valence electrons. The average molecular weight is 592 g/mol. The molecule has 6 aliphatic rings. The molecule has 1 nitrogen and oxygen atoms in total. The first kappa shape index (κ1) is 25.6. The van der Waals surface area contributed by atoms with Gasteiger partial charge in [0.25, 0.3) is 0 Å². The number of rotatable bonds is 4. The van der Waals surface area contributed by atoms with Crippen molar-refractivity contribution in [2.24, 2.45) is 29.1 Å². The molecule has 0 saturated heterocycles. The summed E-state index contributed by atoms with van der Waals surface area (Å²) >= 11 is 0. The third kappa shape index (κ3) is 3.07. The molecule has 6 atom stereocenters. The van der Waals surface area contributed by atoms with E-state index < -0.39 is 0 Å². The molecule has 0 aromatic heterocycles. The molecule has 0 N–H and O–H groups in total. The first-order valence-corrected chi connectivity index (χ1v) is 17.4. The Morgan fingerprint density at radius 2 is 1.28 bits per heavy atom. The van der Waals surface area contributed by atoms with Gasteiger partial charge in [0.15, 0.2) is 0 Å². The van der Waals surface area contributed by atoms with Gasteiger partial charge < -0.3 is 4.90 Å². The van der Waals surface area contributed by atoms with E-state index in [-0.39, 0.29) is 5.41 Å². The van der Waals surface area contributed by atoms with E-state index >= 15 is 0 Å². The second-order valence-corrected chi connectivity index (χ2v) is 15.0. The summed E-state index contributed by atoms with van der Waals surface area (Å²) < 4.78 is 0. The zero-order valence-electron chi connectivity index (χ0n) is 26.1. The second-order valence-electron chi connectivity index (χ2n) is 15.0. The van der Waals surface area contributed by atoms with E-state index in [1.807, 2.05) is 0 Å². The Morgan fingerprint density at radius 3 is 2.20 bits per heavy atom. The van der Waals surface area contributed by atoms with Gasteiger partial charge in [-0.1, -0.05) is 103 Å². The lowest BCUT2D eigenvalue weighted by Gasteiger charge is -2.67. The van der Waals surface area contributed by atoms with Crippen molar-refractivity contribution in [2.75, 3.05) is 4.90 Å². The highest BCUT2D eigenvalue weighted by Gasteiger charge is 2.78. The smallest absolute Gasteiger partial charge is 0.0540 e. The van der Waals surface area contributed by atoms with Gasteiger partial charge in [0.05, 0.1) is 5.69 Å². The van der Waals surface area contributed by atoms with Crippen LogP contribution in [0, 0.1) is 29.1 Å². The zero-order valence-corrected chi connectivity index (χ0v) is 26.1. The minimum Gasteiger partial charge on any atom is -0.310 e. The number of hydrogen-bond acceptors (Lipinski definition) is 1. The summed E-state index contributed by atoms with van der Waals surface area (Å²) in [6.45, 7) is 0. The third-order valence-corrected chi connectivity index (χ3v) is 13.3. The Hall–Kier alpha value is -4.62. The minimum atomic E-state index is 0.244. The van der Waals surface area contributed by atoms with E-state index in [1.165, 1.54) is 82.2 Å². The van der Waals surface area contributed by atoms with Crippen LogP contribution in [-0.2, 0) is 5.41 Å². The van der Waals surface area contributed by atoms with Crippen molar-refractivity contribution >= 4 is 27.8 Å². The summed E-state index contributed by atoms with van der Waals surface area (Å²) in [5.74, 6) is 3.75. The fourth-order valence-electron chi connectivity index (χ4n) is 12.0. The molecule has 6 aliphatic carbocycles. The van der Waals surface area contributed by atoms with Gasteiger partial charge in [-0.25, -0.2) is 0 Å². The van der Waals surface area contributed by atoms with Gasteiger partial charge in [0.1, 0.15) is 0 Å². The lowest BCUT2D eigenvalue weighted by Crippen LogP contribution is -2.62. The number of benzene rings is 6. The summed E-state index contributed by atoms with van der Waals surface area (Å²) in [4.78, 5) is 2.40. The second kappa shape index (κ2) is 9.01. The van der Waals surface area contributed by atoms with Crippen LogP contribution in [0.3, 0.4) is 0 Å². The molecule has 0 heterocycles. The van der Waals surface area contributed by atoms with Gasteiger partial charge in [-0.05, 0) is 136 Å². The zero-order chi connectivity index (χ0) is 30.0. The summed E-state index contributed by atoms with van der Waals surface area (Å²) in [5.41, 5.74) is 13.2. The molecule has 2 spiro atoms. The number of fused-ring (bicyclic) bond motifs is 4. The molecule has 0 radical (unpaired) electrons. The molecule has 46 heavy (non-hydrogen) atoms. The van der Waals surface area contributed by atoms with Crippen LogP contribution in [-0.4, -0.2) is 0 Å². The molecule has 4 bridgehead atoms. The largest absolute Gasteiger partial charge is 0.310 e. The maximum Gasteiger partial charge on any atom is 0.0540 e. The summed E-state index contributed by atoms with van der Waals surface area (Å²) in [5, 5.41) is 2.51. The lowest BCUT2D eigenvalue weighted by molar-refractivity contribution is -0.140. The monoisotopic (exact) mass is 591 g/mol. The van der Waals surface area contributed by atoms with E-state index in [0.717, 1.165) is 23.7 Å². The van der Waals surface area contributed by atoms with Crippen molar-refractivity contribution in [3.05, 3.63) is 151 Å². The third-order valence-electron chi connectivity index (χ3n) is 13.3. The maximum absolute atomic E-state index is 2.57. The van der Waals surface area contributed by atoms with Crippen LogP contribution in [0.1, 0.15) is 43.2 Å². The van der Waals surface area contributed by atoms with Crippen LogP contribution in [0.25, 0.3) is 33.0 Å². The molecule has 6 unspecified atom stereocenters. The van der Waals surface area contributed by atoms with Crippen LogP contribution < -0.4 is 4.90 Å². The molecular weight excluding hydrogens is 555 g/mol. The Kier molecular flexibility index (Phi) is 5.00. The van der Waals surface area contributed by atoms with E-state index in [1.54, 1.807) is 11.1 Å². The van der Waals surface area contributed by atoms with E-state index in [0.29, 0.717) is 5.41 Å². The molecule has 5 saturated carbocycles. The highest BCUT2D eigenvalue weighted by molar-refractivity contribution is 5.99. The summed E-state index contributed by atoms with van der Waals surface area (Å²) in [6, 6.07) is 52.4. The van der Waals surface area contributed by atoms with Crippen molar-refractivity contribution in [3.8, 4) is 22.3 Å². The molecule has 0 amide bonds. The lowest BCUT2D eigenvalue weighted by atomic mass is 9.36. The standard InChI is InChI=1S/C45H37N/c1-2-11-35(12-3-1)46(43-16-8-10-31-9-4-5-13-37(31)43)36-20-17-30(18-21-36)32-19-22-41-39(25-32)38-14-6-7-15-40(38)45(41)34-24-29-23-33-28-44(45,27-29)42(33)26-34/h1-22,25,29,33-34,42H,23-24,26-28H2. The van der Waals surface area contributed by atoms with Crippen molar-refractivity contribution in [1.82, 2.24) is 0 Å². The van der Waals surface area contributed by atoms with Gasteiger partial charge in [0.2, 0.25) is 0 Å². The molecule has 0 aliphatic heterocycles. The van der Waals surface area contributed by atoms with E-state index in [2.05, 4.69) is 144 Å². The Morgan fingerprint density at radius 1 is 0.543 bits per heavy atom. The Labute approximate surface area is 271 Å². The van der Waals surface area contributed by atoms with Gasteiger partial charge >= 0.3 is 0 Å². The summed E-state index contributed by atoms with van der Waals surface area (Å²) in [6.07, 6.45) is 7.37. The van der Waals surface area contributed by atoms with Crippen LogP contribution in [0.15, 0.2) is 140 Å². The normalized spacial score (nSPS) is 29.0. The Balaban J connectivity index is 1.02. The van der Waals surface area contributed by atoms with Crippen LogP contribution in [0.5, 0.6) is 0 Å². The minimum absolute atomic E-state index is 0.244. The van der Waals surface area contributed by atoms with E-state index in [4.69, 9.17) is 0 Å². The molecule has 6 aromatic rings. The number of anilines is 3. The van der Waals surface area contributed by atoms with Gasteiger partial charge in [-0.2, -0.15) is 0 Å². The fourth-order valence-corrected chi connectivity index (χ4v) is 12.0. The summed E-state index contributed by atoms with van der Waals surface area (Å²) in [7, 11) is 0. The van der Waals surface area contributed by atoms with Gasteiger partial charge in [-0.3, -0.25) is 0 Å². The quantitative estimate of drug-likeness (QED) is 0.197. The number of hydrogen-bond donors (Lipinski definition) is 0. The first-order valence-electron chi connectivity index (χ1n) is 17.4. The first-order chi connectivity index (χ1) is 22.7. The molecule has 1 heteroatoms. The molecule has 12 rings (SSSR count). The Bertz CT molecular complexity index is 2170. The predicted molar refractivity (Wildman–Crippen MR) is 190 cm³/mol. The molecule has 5 fully saturated rings. The van der Waals surface area contributed by atoms with Crippen molar-refractivity contribution in [2.45, 2.75) is 37.5 Å². The fraction of sp³-hybridized carbons (Fsp3) is 0.244. The maximum atomic E-state index is 2.57. The highest BCUT2D eigenvalue weighted by atomic mass is 15.1. The van der Waals surface area contributed by atoms with Gasteiger partial charge in [0, 0.05) is 22.2 Å². The van der Waals surface area contributed by atoms with Gasteiger partial charge in [-0.15, -0.1) is 0 Å². The molecular formula is C45H37N. The van der Waals surface area contributed by atoms with Crippen molar-refractivity contribution in [1.29, 1.82) is 0 Å². The van der Waals surface area contributed by atoms with Crippen molar-refractivity contribution in [3.63, 3.8) is 0 Å². The van der Waals surface area contributed by atoms with Crippen molar-refractivity contribution < 1.29 is 0 Å². The average Bonchev–Trinajstić information content (AvgIpc) is 3.40. The van der Waals surface area contributed by atoms with Crippen LogP contribution in [0.2, 0.25) is 0 Å². The van der Waals surface area contributed by atoms with Crippen LogP contribution >= 0.6 is 0 Å². The highest BCUT2D eigenvalue weighted by Crippen LogP contribution is 2.84. The van der Waals surface area contributed by atoms with E-state index in [9.17, 15) is 0 Å². The molecule has 6 aromatic carbocycles.